The van der Waals surface area contributed by atoms with Crippen LogP contribution in [-0.4, -0.2) is 50.0 Å². The van der Waals surface area contributed by atoms with Gasteiger partial charge in [0.25, 0.3) is 50.0 Å². The van der Waals surface area contributed by atoms with Crippen molar-refractivity contribution in [1.29, 1.82) is 0 Å². The molecular formula is H10O5Si5Ti. The van der Waals surface area contributed by atoms with Gasteiger partial charge in [-0.15, -0.1) is 0 Å². The molecule has 0 amide bonds. The fraction of sp³-hybridized carbons (Fsp3) is 0. The van der Waals surface area contributed by atoms with E-state index >= 15 is 0 Å². The Labute approximate surface area is 92.0 Å². The molecular weight excluding hydrogens is 268 g/mol. The zero-order valence-corrected chi connectivity index (χ0v) is 14.7. The van der Waals surface area contributed by atoms with E-state index in [0.717, 1.165) is 0 Å². The molecule has 1 saturated heterocycles. The molecule has 0 bridgehead atoms. The van der Waals surface area contributed by atoms with Gasteiger partial charge >= 0.3 is 0 Å². The van der Waals surface area contributed by atoms with E-state index in [-0.39, 0.29) is 21.7 Å². The Kier molecular flexibility index (Phi) is 11.1. The van der Waals surface area contributed by atoms with E-state index in [1.165, 1.54) is 0 Å². The second kappa shape index (κ2) is 9.68. The van der Waals surface area contributed by atoms with Crippen LogP contribution in [0.4, 0.5) is 0 Å². The van der Waals surface area contributed by atoms with Crippen molar-refractivity contribution in [3.8, 4) is 0 Å². The molecule has 0 aromatic rings. The molecule has 1 aliphatic heterocycles. The Morgan fingerprint density at radius 2 is 0.636 bits per heavy atom. The molecule has 0 saturated carbocycles. The van der Waals surface area contributed by atoms with E-state index in [4.69, 9.17) is 20.6 Å². The molecule has 0 spiro atoms. The summed E-state index contributed by atoms with van der Waals surface area (Å²) in [7, 11) is -3.62. The Morgan fingerprint density at radius 3 is 0.818 bits per heavy atom. The summed E-state index contributed by atoms with van der Waals surface area (Å²) in [5, 5.41) is 0. The molecule has 0 aromatic heterocycles. The van der Waals surface area contributed by atoms with Crippen molar-refractivity contribution in [3.63, 3.8) is 0 Å². The van der Waals surface area contributed by atoms with Crippen LogP contribution in [0.5, 0.6) is 0 Å². The molecule has 0 unspecified atom stereocenters. The van der Waals surface area contributed by atoms with E-state index in [1.807, 2.05) is 0 Å². The minimum absolute atomic E-state index is 0. The molecule has 1 rings (SSSR count). The summed E-state index contributed by atoms with van der Waals surface area (Å²) in [6.45, 7) is 0. The summed E-state index contributed by atoms with van der Waals surface area (Å²) in [6.07, 6.45) is 0. The van der Waals surface area contributed by atoms with Gasteiger partial charge in [0.15, 0.2) is 0 Å². The Bertz CT molecular complexity index is 48.1. The van der Waals surface area contributed by atoms with Crippen LogP contribution in [0.2, 0.25) is 0 Å². The fourth-order valence-electron chi connectivity index (χ4n) is 0.465. The van der Waals surface area contributed by atoms with Crippen LogP contribution >= 0.6 is 0 Å². The summed E-state index contributed by atoms with van der Waals surface area (Å²) in [5.41, 5.74) is 0. The van der Waals surface area contributed by atoms with Crippen LogP contribution < -0.4 is 0 Å². The van der Waals surface area contributed by atoms with Crippen LogP contribution in [-0.2, 0) is 42.3 Å². The van der Waals surface area contributed by atoms with E-state index < -0.39 is 50.0 Å². The van der Waals surface area contributed by atoms with Gasteiger partial charge < -0.3 is 20.6 Å². The summed E-state index contributed by atoms with van der Waals surface area (Å²) in [6, 6.07) is 0. The van der Waals surface area contributed by atoms with Gasteiger partial charge in [0.2, 0.25) is 0 Å². The van der Waals surface area contributed by atoms with Crippen molar-refractivity contribution in [2.75, 3.05) is 0 Å². The van der Waals surface area contributed by atoms with Gasteiger partial charge in [-0.3, -0.25) is 0 Å². The monoisotopic (exact) mass is 278 g/mol. The summed E-state index contributed by atoms with van der Waals surface area (Å²) in [4.78, 5) is 0. The van der Waals surface area contributed by atoms with Gasteiger partial charge in [0.1, 0.15) is 0 Å². The van der Waals surface area contributed by atoms with Gasteiger partial charge in [-0.25, -0.2) is 0 Å². The second-order valence-corrected chi connectivity index (χ2v) is 11.0. The van der Waals surface area contributed by atoms with Crippen molar-refractivity contribution in [2.45, 2.75) is 0 Å². The van der Waals surface area contributed by atoms with Gasteiger partial charge in [-0.2, -0.15) is 0 Å². The summed E-state index contributed by atoms with van der Waals surface area (Å²) >= 11 is 0. The Hall–Kier alpha value is 1.60. The van der Waals surface area contributed by atoms with Crippen molar-refractivity contribution < 1.29 is 42.3 Å². The summed E-state index contributed by atoms with van der Waals surface area (Å²) < 4.78 is 25.8. The maximum atomic E-state index is 5.17. The van der Waals surface area contributed by atoms with Gasteiger partial charge in [-0.1, -0.05) is 0 Å². The van der Waals surface area contributed by atoms with Gasteiger partial charge in [0.05, 0.1) is 0 Å². The van der Waals surface area contributed by atoms with Crippen molar-refractivity contribution in [3.05, 3.63) is 0 Å². The van der Waals surface area contributed by atoms with Crippen LogP contribution in [0.1, 0.15) is 0 Å². The largest absolute Gasteiger partial charge is 0.425 e. The predicted molar refractivity (Wildman–Crippen MR) is 48.1 cm³/mol. The first-order valence-corrected chi connectivity index (χ1v) is 8.66. The summed E-state index contributed by atoms with van der Waals surface area (Å²) in [5.74, 6) is 0. The molecule has 0 aromatic carbocycles. The third kappa shape index (κ3) is 7.94. The fourth-order valence-corrected chi connectivity index (χ4v) is 9.49. The first-order chi connectivity index (χ1) is 5.00. The number of rotatable bonds is 0. The molecule has 11 heteroatoms. The standard InChI is InChI=1S/H10O5Si5.Ti/c1-6-2-8-4-10-5-9-3-7-1;/h6-10H2;. The molecule has 1 heterocycles. The van der Waals surface area contributed by atoms with E-state index in [0.29, 0.717) is 0 Å². The normalized spacial score (nSPS) is 32.7. The van der Waals surface area contributed by atoms with Crippen molar-refractivity contribution in [2.24, 2.45) is 0 Å². The first kappa shape index (κ1) is 12.6. The van der Waals surface area contributed by atoms with Crippen LogP contribution in [0.3, 0.4) is 0 Å². The minimum atomic E-state index is -0.724. The average molecular weight is 278 g/mol. The molecule has 0 N–H and O–H groups in total. The molecule has 0 radical (unpaired) electrons. The Morgan fingerprint density at radius 1 is 0.455 bits per heavy atom. The van der Waals surface area contributed by atoms with E-state index in [2.05, 4.69) is 0 Å². The second-order valence-electron chi connectivity index (χ2n) is 1.61. The first-order valence-electron chi connectivity index (χ1n) is 2.89. The average Bonchev–Trinajstić information content (AvgIpc) is 2.01. The zero-order valence-electron chi connectivity index (χ0n) is 6.08. The molecule has 0 aliphatic carbocycles. The van der Waals surface area contributed by atoms with Crippen LogP contribution in [0, 0.1) is 0 Å². The number of hydrogen-bond acceptors (Lipinski definition) is 5. The maximum Gasteiger partial charge on any atom is 0.286 e. The molecule has 1 aliphatic rings. The molecule has 64 valence electrons. The quantitative estimate of drug-likeness (QED) is 0.416. The molecule has 0 atom stereocenters. The van der Waals surface area contributed by atoms with Crippen LogP contribution in [0.25, 0.3) is 0 Å². The topological polar surface area (TPSA) is 46.2 Å². The zero-order chi connectivity index (χ0) is 7.07. The predicted octanol–water partition coefficient (Wildman–Crippen LogP) is -4.93. The Balaban J connectivity index is 0.000001000. The minimum Gasteiger partial charge on any atom is -0.425 e. The molecule has 5 nitrogen and oxygen atoms in total. The molecule has 1 fully saturated rings. The maximum absolute atomic E-state index is 5.17. The van der Waals surface area contributed by atoms with Gasteiger partial charge in [-0.05, 0) is 0 Å². The van der Waals surface area contributed by atoms with Gasteiger partial charge in [0, 0.05) is 21.7 Å². The number of hydrogen-bond donors (Lipinski definition) is 0. The van der Waals surface area contributed by atoms with E-state index in [1.54, 1.807) is 0 Å². The van der Waals surface area contributed by atoms with E-state index in [9.17, 15) is 0 Å². The van der Waals surface area contributed by atoms with Crippen molar-refractivity contribution >= 4 is 50.0 Å². The smallest absolute Gasteiger partial charge is 0.286 e. The van der Waals surface area contributed by atoms with Crippen molar-refractivity contribution in [1.82, 2.24) is 0 Å². The van der Waals surface area contributed by atoms with Crippen LogP contribution in [0.15, 0.2) is 0 Å². The SMILES string of the molecule is O1[SiH2]O[SiH2]O[SiH2]O[SiH2]O[SiH2]1.[Ti]. The third-order valence-electron chi connectivity index (χ3n) is 0.833. The third-order valence-corrected chi connectivity index (χ3v) is 7.50. The molecule has 11 heavy (non-hydrogen) atoms.